The average Bonchev–Trinajstić information content (AvgIpc) is 2.35. The summed E-state index contributed by atoms with van der Waals surface area (Å²) in [4.78, 5) is 2.26. The Kier molecular flexibility index (Phi) is 4.39. The highest BCUT2D eigenvalue weighted by atomic mass is 79.9. The number of nitrogen functional groups attached to an aromatic ring is 1. The van der Waals surface area contributed by atoms with E-state index in [-0.39, 0.29) is 0 Å². The molecule has 0 saturated carbocycles. The van der Waals surface area contributed by atoms with Crippen LogP contribution >= 0.6 is 15.9 Å². The summed E-state index contributed by atoms with van der Waals surface area (Å²) in [6.45, 7) is 1.78. The quantitative estimate of drug-likeness (QED) is 0.873. The highest BCUT2D eigenvalue weighted by Gasteiger charge is 2.04. The van der Waals surface area contributed by atoms with Gasteiger partial charge in [0.05, 0.1) is 0 Å². The van der Waals surface area contributed by atoms with Crippen molar-refractivity contribution in [2.45, 2.75) is 13.1 Å². The van der Waals surface area contributed by atoms with Gasteiger partial charge in [0.25, 0.3) is 0 Å². The number of hydrogen-bond acceptors (Lipinski definition) is 2. The summed E-state index contributed by atoms with van der Waals surface area (Å²) in [5.41, 5.74) is 9.29. The number of anilines is 1. The molecule has 0 aromatic heterocycles. The Balaban J connectivity index is 1.99. The van der Waals surface area contributed by atoms with Crippen LogP contribution in [0.5, 0.6) is 0 Å². The van der Waals surface area contributed by atoms with E-state index in [9.17, 15) is 0 Å². The minimum atomic E-state index is 0.861. The normalized spacial score (nSPS) is 10.8. The predicted molar refractivity (Wildman–Crippen MR) is 80.2 cm³/mol. The van der Waals surface area contributed by atoms with E-state index in [1.165, 1.54) is 11.1 Å². The molecule has 0 fully saturated rings. The van der Waals surface area contributed by atoms with E-state index >= 15 is 0 Å². The molecular weight excluding hydrogens is 288 g/mol. The minimum absolute atomic E-state index is 0.861. The van der Waals surface area contributed by atoms with Crippen LogP contribution in [-0.4, -0.2) is 11.9 Å². The van der Waals surface area contributed by atoms with Crippen molar-refractivity contribution in [3.8, 4) is 0 Å². The van der Waals surface area contributed by atoms with E-state index in [2.05, 4.69) is 58.2 Å². The summed E-state index contributed by atoms with van der Waals surface area (Å²) in [7, 11) is 2.11. The molecule has 2 aromatic rings. The van der Waals surface area contributed by atoms with Crippen molar-refractivity contribution in [2.24, 2.45) is 0 Å². The number of nitrogens with two attached hydrogens (primary N) is 1. The van der Waals surface area contributed by atoms with Crippen molar-refractivity contribution in [2.75, 3.05) is 12.8 Å². The van der Waals surface area contributed by atoms with Gasteiger partial charge in [-0.1, -0.05) is 46.3 Å². The van der Waals surface area contributed by atoms with Crippen molar-refractivity contribution < 1.29 is 0 Å². The van der Waals surface area contributed by atoms with Gasteiger partial charge >= 0.3 is 0 Å². The molecule has 0 heterocycles. The van der Waals surface area contributed by atoms with Crippen molar-refractivity contribution >= 4 is 21.6 Å². The van der Waals surface area contributed by atoms with Crippen LogP contribution in [-0.2, 0) is 13.1 Å². The molecule has 0 unspecified atom stereocenters. The summed E-state index contributed by atoms with van der Waals surface area (Å²) in [6, 6.07) is 16.4. The van der Waals surface area contributed by atoms with E-state index in [0.29, 0.717) is 0 Å². The molecule has 2 N–H and O–H groups in total. The van der Waals surface area contributed by atoms with Crippen molar-refractivity contribution in [1.82, 2.24) is 4.90 Å². The van der Waals surface area contributed by atoms with Crippen LogP contribution in [0.15, 0.2) is 53.0 Å². The fourth-order valence-corrected chi connectivity index (χ4v) is 2.19. The molecule has 0 bridgehead atoms. The van der Waals surface area contributed by atoms with Gasteiger partial charge in [-0.2, -0.15) is 0 Å². The monoisotopic (exact) mass is 304 g/mol. The van der Waals surface area contributed by atoms with Crippen molar-refractivity contribution in [3.63, 3.8) is 0 Å². The molecule has 0 radical (unpaired) electrons. The van der Waals surface area contributed by atoms with Crippen LogP contribution in [0.1, 0.15) is 11.1 Å². The molecular formula is C15H17BrN2. The second kappa shape index (κ2) is 6.03. The highest BCUT2D eigenvalue weighted by Crippen LogP contribution is 2.15. The molecule has 0 amide bonds. The van der Waals surface area contributed by atoms with Gasteiger partial charge in [0.1, 0.15) is 0 Å². The van der Waals surface area contributed by atoms with Gasteiger partial charge in [-0.3, -0.25) is 4.90 Å². The first-order valence-electron chi connectivity index (χ1n) is 5.91. The molecule has 18 heavy (non-hydrogen) atoms. The molecule has 0 spiro atoms. The summed E-state index contributed by atoms with van der Waals surface area (Å²) >= 11 is 3.44. The molecule has 2 nitrogen and oxygen atoms in total. The second-order valence-electron chi connectivity index (χ2n) is 4.50. The lowest BCUT2D eigenvalue weighted by molar-refractivity contribution is 0.319. The lowest BCUT2D eigenvalue weighted by atomic mass is 10.1. The molecule has 0 atom stereocenters. The first kappa shape index (κ1) is 13.1. The van der Waals surface area contributed by atoms with E-state index in [1.807, 2.05) is 18.2 Å². The molecule has 94 valence electrons. The Morgan fingerprint density at radius 1 is 1.00 bits per heavy atom. The van der Waals surface area contributed by atoms with Gasteiger partial charge in [-0.15, -0.1) is 0 Å². The summed E-state index contributed by atoms with van der Waals surface area (Å²) in [5, 5.41) is 0. The number of hydrogen-bond donors (Lipinski definition) is 1. The van der Waals surface area contributed by atoms with Crippen molar-refractivity contribution in [1.29, 1.82) is 0 Å². The second-order valence-corrected chi connectivity index (χ2v) is 5.41. The standard InChI is InChI=1S/C15H17BrN2/c1-18(10-12-6-8-14(16)9-7-12)11-13-4-2-3-5-15(13)17/h2-9H,10-11,17H2,1H3. The topological polar surface area (TPSA) is 29.3 Å². The number of para-hydroxylation sites is 1. The first-order chi connectivity index (χ1) is 8.65. The molecule has 0 aliphatic carbocycles. The SMILES string of the molecule is CN(Cc1ccc(Br)cc1)Cc1ccccc1N. The molecule has 0 aliphatic heterocycles. The fraction of sp³-hybridized carbons (Fsp3) is 0.200. The largest absolute Gasteiger partial charge is 0.398 e. The Hall–Kier alpha value is -1.32. The lowest BCUT2D eigenvalue weighted by Gasteiger charge is -2.18. The van der Waals surface area contributed by atoms with Crippen LogP contribution < -0.4 is 5.73 Å². The summed E-state index contributed by atoms with van der Waals surface area (Å²) in [5.74, 6) is 0. The summed E-state index contributed by atoms with van der Waals surface area (Å²) < 4.78 is 1.11. The highest BCUT2D eigenvalue weighted by molar-refractivity contribution is 9.10. The Labute approximate surface area is 117 Å². The third kappa shape index (κ3) is 3.59. The maximum atomic E-state index is 5.95. The molecule has 0 saturated heterocycles. The predicted octanol–water partition coefficient (Wildman–Crippen LogP) is 3.66. The number of nitrogens with zero attached hydrogens (tertiary/aromatic N) is 1. The van der Waals surface area contributed by atoms with Crippen LogP contribution in [0, 0.1) is 0 Å². The molecule has 0 aliphatic rings. The molecule has 2 aromatic carbocycles. The fourth-order valence-electron chi connectivity index (χ4n) is 1.93. The van der Waals surface area contributed by atoms with E-state index in [0.717, 1.165) is 23.2 Å². The van der Waals surface area contributed by atoms with Crippen LogP contribution in [0.4, 0.5) is 5.69 Å². The van der Waals surface area contributed by atoms with E-state index < -0.39 is 0 Å². The number of benzene rings is 2. The zero-order chi connectivity index (χ0) is 13.0. The van der Waals surface area contributed by atoms with Gasteiger partial charge in [-0.25, -0.2) is 0 Å². The Morgan fingerprint density at radius 2 is 1.67 bits per heavy atom. The molecule has 2 rings (SSSR count). The van der Waals surface area contributed by atoms with Crippen molar-refractivity contribution in [3.05, 3.63) is 64.1 Å². The van der Waals surface area contributed by atoms with Crippen LogP contribution in [0.2, 0.25) is 0 Å². The Morgan fingerprint density at radius 3 is 2.33 bits per heavy atom. The summed E-state index contributed by atoms with van der Waals surface area (Å²) in [6.07, 6.45) is 0. The Bertz CT molecular complexity index is 508. The van der Waals surface area contributed by atoms with Gasteiger partial charge in [0.15, 0.2) is 0 Å². The lowest BCUT2D eigenvalue weighted by Crippen LogP contribution is -2.17. The van der Waals surface area contributed by atoms with Gasteiger partial charge in [0, 0.05) is 23.2 Å². The minimum Gasteiger partial charge on any atom is -0.398 e. The smallest absolute Gasteiger partial charge is 0.0359 e. The van der Waals surface area contributed by atoms with Crippen LogP contribution in [0.3, 0.4) is 0 Å². The maximum absolute atomic E-state index is 5.95. The number of rotatable bonds is 4. The van der Waals surface area contributed by atoms with Crippen LogP contribution in [0.25, 0.3) is 0 Å². The van der Waals surface area contributed by atoms with Gasteiger partial charge in [0.2, 0.25) is 0 Å². The maximum Gasteiger partial charge on any atom is 0.0359 e. The average molecular weight is 305 g/mol. The van der Waals surface area contributed by atoms with E-state index in [4.69, 9.17) is 5.73 Å². The van der Waals surface area contributed by atoms with Gasteiger partial charge < -0.3 is 5.73 Å². The first-order valence-corrected chi connectivity index (χ1v) is 6.71. The number of halogens is 1. The zero-order valence-electron chi connectivity index (χ0n) is 10.4. The zero-order valence-corrected chi connectivity index (χ0v) is 12.0. The molecule has 3 heteroatoms. The van der Waals surface area contributed by atoms with Gasteiger partial charge in [-0.05, 0) is 36.4 Å². The van der Waals surface area contributed by atoms with E-state index in [1.54, 1.807) is 0 Å². The third-order valence-corrected chi connectivity index (χ3v) is 3.39. The third-order valence-electron chi connectivity index (χ3n) is 2.86.